The van der Waals surface area contributed by atoms with E-state index in [1.54, 1.807) is 0 Å². The van der Waals surface area contributed by atoms with Crippen molar-refractivity contribution < 1.29 is 0 Å². The first-order valence-electron chi connectivity index (χ1n) is 8.81. The molecule has 1 N–H and O–H groups in total. The van der Waals surface area contributed by atoms with Crippen LogP contribution in [-0.2, 0) is 6.42 Å². The molecule has 1 aromatic carbocycles. The van der Waals surface area contributed by atoms with Crippen molar-refractivity contribution >= 4 is 5.78 Å². The molecular weight excluding hydrogens is 300 g/mol. The van der Waals surface area contributed by atoms with E-state index in [1.165, 1.54) is 36.5 Å². The van der Waals surface area contributed by atoms with Crippen LogP contribution in [0.4, 0.5) is 0 Å². The summed E-state index contributed by atoms with van der Waals surface area (Å²) in [6.07, 6.45) is 9.48. The fraction of sp³-hybridized carbons (Fsp3) is 0.421. The van der Waals surface area contributed by atoms with Crippen LogP contribution in [0.1, 0.15) is 51.0 Å². The smallest absolute Gasteiger partial charge is 0.277 e. The lowest BCUT2D eigenvalue weighted by molar-refractivity contribution is 0.605. The van der Waals surface area contributed by atoms with E-state index in [9.17, 15) is 4.79 Å². The summed E-state index contributed by atoms with van der Waals surface area (Å²) < 4.78 is 1.43. The largest absolute Gasteiger partial charge is 0.278 e. The Kier molecular flexibility index (Phi) is 5.41. The van der Waals surface area contributed by atoms with Crippen LogP contribution < -0.4 is 5.56 Å². The van der Waals surface area contributed by atoms with Crippen molar-refractivity contribution in [3.63, 3.8) is 0 Å². The molecule has 24 heavy (non-hydrogen) atoms. The average molecular weight is 324 g/mol. The highest BCUT2D eigenvalue weighted by atomic mass is 16.1. The Hall–Kier alpha value is -2.43. The van der Waals surface area contributed by atoms with Gasteiger partial charge in [0.25, 0.3) is 11.3 Å². The summed E-state index contributed by atoms with van der Waals surface area (Å²) in [5.74, 6) is 0.422. The maximum atomic E-state index is 12.8. The second-order valence-electron chi connectivity index (χ2n) is 6.15. The minimum Gasteiger partial charge on any atom is -0.278 e. The number of hydrogen-bond acceptors (Lipinski definition) is 3. The quantitative estimate of drug-likeness (QED) is 0.637. The summed E-state index contributed by atoms with van der Waals surface area (Å²) in [6, 6.07) is 9.90. The fourth-order valence-corrected chi connectivity index (χ4v) is 3.03. The molecule has 0 fully saturated rings. The molecule has 0 unspecified atom stereocenters. The van der Waals surface area contributed by atoms with Crippen LogP contribution in [0, 0.1) is 0 Å². The molecule has 0 saturated heterocycles. The average Bonchev–Trinajstić information content (AvgIpc) is 3.09. The van der Waals surface area contributed by atoms with Gasteiger partial charge in [-0.3, -0.25) is 9.89 Å². The van der Waals surface area contributed by atoms with Crippen molar-refractivity contribution in [2.75, 3.05) is 0 Å². The third-order valence-corrected chi connectivity index (χ3v) is 4.35. The fourth-order valence-electron chi connectivity index (χ4n) is 3.03. The van der Waals surface area contributed by atoms with E-state index in [0.717, 1.165) is 36.1 Å². The number of nitrogens with one attached hydrogen (secondary N) is 1. The van der Waals surface area contributed by atoms with E-state index in [1.807, 2.05) is 30.3 Å². The van der Waals surface area contributed by atoms with Gasteiger partial charge in [0.15, 0.2) is 0 Å². The Morgan fingerprint density at radius 3 is 2.58 bits per heavy atom. The molecule has 3 aromatic rings. The van der Waals surface area contributed by atoms with Gasteiger partial charge in [-0.2, -0.15) is 4.52 Å². The van der Waals surface area contributed by atoms with Crippen LogP contribution in [0.2, 0.25) is 0 Å². The lowest BCUT2D eigenvalue weighted by Crippen LogP contribution is -2.21. The molecule has 0 bridgehead atoms. The molecule has 0 aliphatic heterocycles. The maximum absolute atomic E-state index is 12.8. The molecular formula is C19H24N4O. The highest BCUT2D eigenvalue weighted by molar-refractivity contribution is 5.64. The van der Waals surface area contributed by atoms with Crippen molar-refractivity contribution in [1.82, 2.24) is 19.6 Å². The lowest BCUT2D eigenvalue weighted by atomic mass is 10.0. The summed E-state index contributed by atoms with van der Waals surface area (Å²) in [7, 11) is 0. The second-order valence-corrected chi connectivity index (χ2v) is 6.15. The predicted octanol–water partition coefficient (Wildman–Crippen LogP) is 3.99. The van der Waals surface area contributed by atoms with E-state index in [2.05, 4.69) is 22.0 Å². The number of rotatable bonds is 8. The minimum absolute atomic E-state index is 0.0371. The third-order valence-electron chi connectivity index (χ3n) is 4.35. The van der Waals surface area contributed by atoms with Crippen LogP contribution in [0.5, 0.6) is 0 Å². The van der Waals surface area contributed by atoms with Gasteiger partial charge in [-0.05, 0) is 12.8 Å². The summed E-state index contributed by atoms with van der Waals surface area (Å²) in [6.45, 7) is 2.22. The van der Waals surface area contributed by atoms with E-state index in [-0.39, 0.29) is 5.56 Å². The Balaban J connectivity index is 1.87. The zero-order valence-corrected chi connectivity index (χ0v) is 14.2. The SMILES string of the molecule is CCCCCCCCc1c(-c2ccccc2)nc2nc[nH]n2c1=O. The zero-order valence-electron chi connectivity index (χ0n) is 14.2. The lowest BCUT2D eigenvalue weighted by Gasteiger charge is -2.09. The number of aromatic nitrogens is 4. The Labute approximate surface area is 141 Å². The summed E-state index contributed by atoms with van der Waals surface area (Å²) in [5, 5.41) is 2.86. The van der Waals surface area contributed by atoms with Crippen LogP contribution in [0.15, 0.2) is 41.5 Å². The molecule has 0 spiro atoms. The first-order valence-corrected chi connectivity index (χ1v) is 8.81. The molecule has 2 aromatic heterocycles. The molecule has 5 nitrogen and oxygen atoms in total. The first-order chi connectivity index (χ1) is 11.8. The van der Waals surface area contributed by atoms with E-state index >= 15 is 0 Å². The van der Waals surface area contributed by atoms with Gasteiger partial charge in [0.1, 0.15) is 6.33 Å². The number of benzene rings is 1. The van der Waals surface area contributed by atoms with E-state index < -0.39 is 0 Å². The van der Waals surface area contributed by atoms with Gasteiger partial charge in [-0.1, -0.05) is 69.4 Å². The molecule has 0 saturated carbocycles. The van der Waals surface area contributed by atoms with Gasteiger partial charge in [0.05, 0.1) is 5.69 Å². The molecule has 0 amide bonds. The van der Waals surface area contributed by atoms with Crippen molar-refractivity contribution in [3.05, 3.63) is 52.6 Å². The number of nitrogens with zero attached hydrogens (tertiary/aromatic N) is 3. The van der Waals surface area contributed by atoms with Crippen molar-refractivity contribution in [2.24, 2.45) is 0 Å². The standard InChI is InChI=1S/C19H24N4O/c1-2-3-4-5-6-10-13-16-17(15-11-8-7-9-12-15)22-19-20-14-21-23(19)18(16)24/h7-9,11-12,14H,2-6,10,13H2,1H3,(H,20,21,22). The van der Waals surface area contributed by atoms with Crippen LogP contribution in [0.25, 0.3) is 17.0 Å². The van der Waals surface area contributed by atoms with Crippen LogP contribution in [-0.4, -0.2) is 19.6 Å². The molecule has 3 rings (SSSR count). The predicted molar refractivity (Wildman–Crippen MR) is 96.1 cm³/mol. The zero-order chi connectivity index (χ0) is 16.8. The molecule has 2 heterocycles. The van der Waals surface area contributed by atoms with Crippen molar-refractivity contribution in [3.8, 4) is 11.3 Å². The van der Waals surface area contributed by atoms with E-state index in [4.69, 9.17) is 0 Å². The van der Waals surface area contributed by atoms with Gasteiger partial charge in [0, 0.05) is 11.1 Å². The molecule has 126 valence electrons. The van der Waals surface area contributed by atoms with Crippen molar-refractivity contribution in [2.45, 2.75) is 51.9 Å². The summed E-state index contributed by atoms with van der Waals surface area (Å²) >= 11 is 0. The molecule has 0 aliphatic rings. The monoisotopic (exact) mass is 324 g/mol. The minimum atomic E-state index is -0.0371. The molecule has 5 heteroatoms. The Bertz CT molecular complexity index is 835. The number of unbranched alkanes of at least 4 members (excludes halogenated alkanes) is 5. The van der Waals surface area contributed by atoms with Gasteiger partial charge in [-0.15, -0.1) is 0 Å². The van der Waals surface area contributed by atoms with Crippen molar-refractivity contribution in [1.29, 1.82) is 0 Å². The Morgan fingerprint density at radius 1 is 1.04 bits per heavy atom. The first kappa shape index (κ1) is 16.4. The number of fused-ring (bicyclic) bond motifs is 1. The number of aromatic amines is 1. The van der Waals surface area contributed by atoms with Gasteiger partial charge in [0.2, 0.25) is 0 Å². The molecule has 0 aliphatic carbocycles. The van der Waals surface area contributed by atoms with Gasteiger partial charge in [-0.25, -0.2) is 9.97 Å². The maximum Gasteiger partial charge on any atom is 0.277 e. The van der Waals surface area contributed by atoms with Crippen LogP contribution in [0.3, 0.4) is 0 Å². The topological polar surface area (TPSA) is 63.1 Å². The second kappa shape index (κ2) is 7.90. The third kappa shape index (κ3) is 3.55. The Morgan fingerprint density at radius 2 is 1.79 bits per heavy atom. The number of H-pyrrole nitrogens is 1. The normalized spacial score (nSPS) is 11.2. The highest BCUT2D eigenvalue weighted by Crippen LogP contribution is 2.21. The van der Waals surface area contributed by atoms with Crippen LogP contribution >= 0.6 is 0 Å². The van der Waals surface area contributed by atoms with Gasteiger partial charge < -0.3 is 0 Å². The molecule has 0 atom stereocenters. The van der Waals surface area contributed by atoms with E-state index in [0.29, 0.717) is 5.78 Å². The molecule has 0 radical (unpaired) electrons. The summed E-state index contributed by atoms with van der Waals surface area (Å²) in [5.41, 5.74) is 2.48. The highest BCUT2D eigenvalue weighted by Gasteiger charge is 2.15. The summed E-state index contributed by atoms with van der Waals surface area (Å²) in [4.78, 5) is 21.6. The number of hydrogen-bond donors (Lipinski definition) is 1. The van der Waals surface area contributed by atoms with Gasteiger partial charge >= 0.3 is 0 Å².